The highest BCUT2D eigenvalue weighted by Gasteiger charge is 2.36. The third-order valence-electron chi connectivity index (χ3n) is 3.63. The second-order valence-electron chi connectivity index (χ2n) is 4.84. The fraction of sp³-hybridized carbons (Fsp3) is 0.571. The van der Waals surface area contributed by atoms with Crippen molar-refractivity contribution in [3.05, 3.63) is 30.3 Å². The largest absolute Gasteiger partial charge is 0.390 e. The molecule has 0 aliphatic heterocycles. The van der Waals surface area contributed by atoms with E-state index >= 15 is 0 Å². The van der Waals surface area contributed by atoms with Gasteiger partial charge in [0.15, 0.2) is 0 Å². The quantitative estimate of drug-likeness (QED) is 0.804. The number of benzene rings is 1. The molecular formula is C14H20OS. The molecule has 1 aliphatic carbocycles. The standard InChI is InChI=1S/C14H20OS/c1-12(14(15)9-5-6-10-14)11-16-13-7-3-2-4-8-13/h2-4,7-8,12,15H,5-6,9-11H2,1H3/t12-/m0/s1. The van der Waals surface area contributed by atoms with Crippen molar-refractivity contribution in [2.45, 2.75) is 43.1 Å². The van der Waals surface area contributed by atoms with Crippen LogP contribution in [-0.4, -0.2) is 16.5 Å². The number of aliphatic hydroxyl groups is 1. The molecule has 2 rings (SSSR count). The molecule has 16 heavy (non-hydrogen) atoms. The molecule has 0 spiro atoms. The van der Waals surface area contributed by atoms with Crippen LogP contribution < -0.4 is 0 Å². The average molecular weight is 236 g/mol. The zero-order valence-electron chi connectivity index (χ0n) is 9.86. The van der Waals surface area contributed by atoms with Crippen molar-refractivity contribution >= 4 is 11.8 Å². The van der Waals surface area contributed by atoms with Crippen molar-refractivity contribution in [3.8, 4) is 0 Å². The van der Waals surface area contributed by atoms with Crippen molar-refractivity contribution in [2.24, 2.45) is 5.92 Å². The normalized spacial score (nSPS) is 20.9. The van der Waals surface area contributed by atoms with Crippen molar-refractivity contribution in [3.63, 3.8) is 0 Å². The summed E-state index contributed by atoms with van der Waals surface area (Å²) < 4.78 is 0. The molecule has 0 radical (unpaired) electrons. The first-order chi connectivity index (χ1) is 7.71. The van der Waals surface area contributed by atoms with Crippen LogP contribution in [0.2, 0.25) is 0 Å². The summed E-state index contributed by atoms with van der Waals surface area (Å²) in [4.78, 5) is 1.30. The van der Waals surface area contributed by atoms with Crippen LogP contribution in [-0.2, 0) is 0 Å². The second-order valence-corrected chi connectivity index (χ2v) is 5.93. The molecule has 1 nitrogen and oxygen atoms in total. The highest BCUT2D eigenvalue weighted by Crippen LogP contribution is 2.38. The van der Waals surface area contributed by atoms with E-state index in [9.17, 15) is 5.11 Å². The monoisotopic (exact) mass is 236 g/mol. The van der Waals surface area contributed by atoms with Crippen LogP contribution >= 0.6 is 11.8 Å². The Labute approximate surface area is 102 Å². The Bertz CT molecular complexity index is 317. The zero-order chi connectivity index (χ0) is 11.4. The van der Waals surface area contributed by atoms with Gasteiger partial charge in [-0.05, 0) is 30.9 Å². The molecule has 88 valence electrons. The maximum Gasteiger partial charge on any atom is 0.0681 e. The smallest absolute Gasteiger partial charge is 0.0681 e. The van der Waals surface area contributed by atoms with E-state index in [0.717, 1.165) is 18.6 Å². The van der Waals surface area contributed by atoms with E-state index in [4.69, 9.17) is 0 Å². The number of thioether (sulfide) groups is 1. The maximum absolute atomic E-state index is 10.4. The summed E-state index contributed by atoms with van der Waals surface area (Å²) in [6.45, 7) is 2.18. The van der Waals surface area contributed by atoms with Gasteiger partial charge in [0.05, 0.1) is 5.60 Å². The Morgan fingerprint density at radius 2 is 1.88 bits per heavy atom. The van der Waals surface area contributed by atoms with Crippen molar-refractivity contribution < 1.29 is 5.11 Å². The van der Waals surface area contributed by atoms with Gasteiger partial charge in [-0.15, -0.1) is 11.8 Å². The Balaban J connectivity index is 1.86. The van der Waals surface area contributed by atoms with E-state index in [1.807, 2.05) is 17.8 Å². The molecule has 1 fully saturated rings. The van der Waals surface area contributed by atoms with Crippen LogP contribution in [0.1, 0.15) is 32.6 Å². The average Bonchev–Trinajstić information content (AvgIpc) is 2.76. The highest BCUT2D eigenvalue weighted by molar-refractivity contribution is 7.99. The van der Waals surface area contributed by atoms with Gasteiger partial charge in [0.2, 0.25) is 0 Å². The third-order valence-corrected chi connectivity index (χ3v) is 4.90. The fourth-order valence-electron chi connectivity index (χ4n) is 2.37. The van der Waals surface area contributed by atoms with Gasteiger partial charge in [-0.1, -0.05) is 38.0 Å². The van der Waals surface area contributed by atoms with Crippen LogP contribution in [0.25, 0.3) is 0 Å². The molecule has 0 unspecified atom stereocenters. The molecule has 1 aromatic rings. The van der Waals surface area contributed by atoms with Gasteiger partial charge in [0.1, 0.15) is 0 Å². The first-order valence-electron chi connectivity index (χ1n) is 6.11. The van der Waals surface area contributed by atoms with Gasteiger partial charge >= 0.3 is 0 Å². The second kappa shape index (κ2) is 5.24. The van der Waals surface area contributed by atoms with Crippen LogP contribution in [0.3, 0.4) is 0 Å². The summed E-state index contributed by atoms with van der Waals surface area (Å²) in [6, 6.07) is 10.4. The van der Waals surface area contributed by atoms with Gasteiger partial charge in [-0.2, -0.15) is 0 Å². The summed E-state index contributed by atoms with van der Waals surface area (Å²) in [5.41, 5.74) is -0.387. The Hall–Kier alpha value is -0.470. The first-order valence-corrected chi connectivity index (χ1v) is 7.09. The molecule has 2 heteroatoms. The molecule has 1 aliphatic rings. The molecule has 1 aromatic carbocycles. The molecule has 0 bridgehead atoms. The lowest BCUT2D eigenvalue weighted by Gasteiger charge is -2.29. The van der Waals surface area contributed by atoms with Crippen molar-refractivity contribution in [1.82, 2.24) is 0 Å². The Kier molecular flexibility index (Phi) is 3.93. The number of rotatable bonds is 4. The van der Waals surface area contributed by atoms with Crippen LogP contribution in [0.5, 0.6) is 0 Å². The summed E-state index contributed by atoms with van der Waals surface area (Å²) in [5, 5.41) is 10.4. The molecule has 1 atom stereocenters. The predicted molar refractivity (Wildman–Crippen MR) is 69.7 cm³/mol. The highest BCUT2D eigenvalue weighted by atomic mass is 32.2. The van der Waals surface area contributed by atoms with E-state index in [1.165, 1.54) is 17.7 Å². The van der Waals surface area contributed by atoms with Gasteiger partial charge < -0.3 is 5.11 Å². The molecule has 1 N–H and O–H groups in total. The van der Waals surface area contributed by atoms with Gasteiger partial charge in [0, 0.05) is 10.6 Å². The Morgan fingerprint density at radius 3 is 2.50 bits per heavy atom. The predicted octanol–water partition coefficient (Wildman–Crippen LogP) is 3.72. The van der Waals surface area contributed by atoms with Crippen LogP contribution in [0.4, 0.5) is 0 Å². The lowest BCUT2D eigenvalue weighted by atomic mass is 9.89. The summed E-state index contributed by atoms with van der Waals surface area (Å²) in [7, 11) is 0. The molecule has 0 aromatic heterocycles. The van der Waals surface area contributed by atoms with Crippen molar-refractivity contribution in [2.75, 3.05) is 5.75 Å². The minimum atomic E-state index is -0.387. The SMILES string of the molecule is C[C@@H](CSc1ccccc1)C1(O)CCCC1. The molecule has 0 heterocycles. The minimum absolute atomic E-state index is 0.387. The van der Waals surface area contributed by atoms with Gasteiger partial charge in [-0.25, -0.2) is 0 Å². The minimum Gasteiger partial charge on any atom is -0.390 e. The van der Waals surface area contributed by atoms with Gasteiger partial charge in [0.25, 0.3) is 0 Å². The summed E-state index contributed by atoms with van der Waals surface area (Å²) in [6.07, 6.45) is 4.36. The van der Waals surface area contributed by atoms with Crippen molar-refractivity contribution in [1.29, 1.82) is 0 Å². The van der Waals surface area contributed by atoms with E-state index in [0.29, 0.717) is 5.92 Å². The topological polar surface area (TPSA) is 20.2 Å². The molecule has 0 saturated heterocycles. The zero-order valence-corrected chi connectivity index (χ0v) is 10.7. The van der Waals surface area contributed by atoms with Crippen LogP contribution in [0.15, 0.2) is 35.2 Å². The van der Waals surface area contributed by atoms with Crippen LogP contribution in [0, 0.1) is 5.92 Å². The van der Waals surface area contributed by atoms with E-state index in [-0.39, 0.29) is 5.60 Å². The van der Waals surface area contributed by atoms with E-state index in [2.05, 4.69) is 31.2 Å². The third kappa shape index (κ3) is 2.80. The molecule has 1 saturated carbocycles. The number of hydrogen-bond donors (Lipinski definition) is 1. The Morgan fingerprint density at radius 1 is 1.25 bits per heavy atom. The molecule has 0 amide bonds. The van der Waals surface area contributed by atoms with Gasteiger partial charge in [-0.3, -0.25) is 0 Å². The lowest BCUT2D eigenvalue weighted by molar-refractivity contribution is 0.00391. The fourth-order valence-corrected chi connectivity index (χ4v) is 3.48. The summed E-state index contributed by atoms with van der Waals surface area (Å²) in [5.74, 6) is 1.40. The van der Waals surface area contributed by atoms with E-state index < -0.39 is 0 Å². The van der Waals surface area contributed by atoms with E-state index in [1.54, 1.807) is 0 Å². The lowest BCUT2D eigenvalue weighted by Crippen LogP contribution is -2.34. The maximum atomic E-state index is 10.4. The molecular weight excluding hydrogens is 216 g/mol. The number of hydrogen-bond acceptors (Lipinski definition) is 2. The first kappa shape index (κ1) is 12.0. The summed E-state index contributed by atoms with van der Waals surface area (Å²) >= 11 is 1.85.